The fourth-order valence-corrected chi connectivity index (χ4v) is 2.48. The van der Waals surface area contributed by atoms with E-state index in [2.05, 4.69) is 0 Å². The van der Waals surface area contributed by atoms with Gasteiger partial charge >= 0.3 is 58.4 Å². The van der Waals surface area contributed by atoms with Gasteiger partial charge in [0.2, 0.25) is 0 Å². The quantitative estimate of drug-likeness (QED) is 0.577. The molecule has 14 heavy (non-hydrogen) atoms. The molecule has 1 rings (SSSR count). The van der Waals surface area contributed by atoms with Crippen molar-refractivity contribution in [2.45, 2.75) is 6.04 Å². The van der Waals surface area contributed by atoms with Gasteiger partial charge in [0.05, 0.1) is 6.61 Å². The van der Waals surface area contributed by atoms with Crippen LogP contribution in [0.15, 0.2) is 0 Å². The molecule has 1 fully saturated rings. The molecule has 1 unspecified atom stereocenters. The predicted molar refractivity (Wildman–Crippen MR) is 48.8 cm³/mol. The maximum absolute atomic E-state index is 12.1. The molecule has 1 heterocycles. The van der Waals surface area contributed by atoms with Crippen molar-refractivity contribution in [2.24, 2.45) is 0 Å². The Morgan fingerprint density at radius 2 is 2.07 bits per heavy atom. The van der Waals surface area contributed by atoms with Crippen LogP contribution in [0.1, 0.15) is 0 Å². The van der Waals surface area contributed by atoms with E-state index in [0.717, 1.165) is 5.75 Å². The molecule has 1 N–H and O–H groups in total. The van der Waals surface area contributed by atoms with Crippen molar-refractivity contribution < 1.29 is 69.4 Å². The molecule has 0 aromatic carbocycles. The van der Waals surface area contributed by atoms with Crippen LogP contribution in [0.3, 0.4) is 0 Å². The van der Waals surface area contributed by atoms with E-state index >= 15 is 0 Å². The van der Waals surface area contributed by atoms with Gasteiger partial charge < -0.3 is 23.0 Å². The standard InChI is InChI=1S/C6H12BF3NOS.K/c8-7(9,10)5-11-1-2-13-4-6(11)3-12;/h6,12H,1-5H2;/q-1;+1. The molecular weight excluding hydrogens is 241 g/mol. The van der Waals surface area contributed by atoms with E-state index in [9.17, 15) is 12.9 Å². The van der Waals surface area contributed by atoms with Crippen LogP contribution < -0.4 is 51.4 Å². The van der Waals surface area contributed by atoms with Crippen LogP contribution in [0.5, 0.6) is 0 Å². The number of aliphatic hydroxyl groups is 1. The Bertz CT molecular complexity index is 174. The molecule has 0 bridgehead atoms. The maximum Gasteiger partial charge on any atom is 1.00 e. The van der Waals surface area contributed by atoms with E-state index in [0.29, 0.717) is 12.3 Å². The molecule has 1 aliphatic heterocycles. The van der Waals surface area contributed by atoms with Crippen LogP contribution in [0, 0.1) is 0 Å². The SMILES string of the molecule is OCC1CSCCN1C[B-](F)(F)F.[K+]. The van der Waals surface area contributed by atoms with Gasteiger partial charge in [-0.25, -0.2) is 0 Å². The fraction of sp³-hybridized carbons (Fsp3) is 1.00. The second-order valence-electron chi connectivity index (χ2n) is 3.12. The van der Waals surface area contributed by atoms with Crippen molar-refractivity contribution >= 4 is 18.7 Å². The second kappa shape index (κ2) is 7.16. The van der Waals surface area contributed by atoms with Gasteiger partial charge in [-0.2, -0.15) is 11.8 Å². The van der Waals surface area contributed by atoms with Gasteiger partial charge in [-0.1, -0.05) is 0 Å². The smallest absolute Gasteiger partial charge is 0.448 e. The van der Waals surface area contributed by atoms with Crippen molar-refractivity contribution in [2.75, 3.05) is 31.1 Å². The molecule has 0 spiro atoms. The Labute approximate surface area is 128 Å². The number of thioether (sulfide) groups is 1. The maximum atomic E-state index is 12.1. The molecule has 0 amide bonds. The molecular formula is C6H12BF3KNOS. The van der Waals surface area contributed by atoms with Gasteiger partial charge in [-0.3, -0.25) is 0 Å². The zero-order valence-corrected chi connectivity index (χ0v) is 12.1. The number of aliphatic hydroxyl groups excluding tert-OH is 1. The number of halogens is 3. The Morgan fingerprint density at radius 3 is 2.57 bits per heavy atom. The van der Waals surface area contributed by atoms with Crippen molar-refractivity contribution in [1.29, 1.82) is 0 Å². The Morgan fingerprint density at radius 1 is 1.43 bits per heavy atom. The van der Waals surface area contributed by atoms with Gasteiger partial charge in [0.1, 0.15) is 0 Å². The van der Waals surface area contributed by atoms with Crippen LogP contribution in [0.2, 0.25) is 0 Å². The van der Waals surface area contributed by atoms with E-state index < -0.39 is 13.4 Å². The zero-order valence-electron chi connectivity index (χ0n) is 8.13. The van der Waals surface area contributed by atoms with E-state index in [1.807, 2.05) is 0 Å². The molecule has 1 atom stereocenters. The van der Waals surface area contributed by atoms with Crippen molar-refractivity contribution in [3.63, 3.8) is 0 Å². The molecule has 1 aliphatic rings. The molecule has 78 valence electrons. The molecule has 0 aromatic rings. The minimum atomic E-state index is -4.76. The van der Waals surface area contributed by atoms with E-state index in [4.69, 9.17) is 5.11 Å². The van der Waals surface area contributed by atoms with E-state index in [-0.39, 0.29) is 64.0 Å². The third-order valence-corrected chi connectivity index (χ3v) is 3.09. The van der Waals surface area contributed by atoms with E-state index in [1.54, 1.807) is 11.8 Å². The number of hydrogen-bond acceptors (Lipinski definition) is 3. The summed E-state index contributed by atoms with van der Waals surface area (Å²) in [5, 5.41) is 8.84. The zero-order chi connectivity index (χ0) is 9.90. The topological polar surface area (TPSA) is 23.5 Å². The summed E-state index contributed by atoms with van der Waals surface area (Å²) in [5.74, 6) is 1.32. The molecule has 0 saturated carbocycles. The average Bonchev–Trinajstić information content (AvgIpc) is 2.02. The first-order chi connectivity index (χ1) is 6.03. The summed E-state index contributed by atoms with van der Waals surface area (Å²) < 4.78 is 36.2. The Hall–Kier alpha value is 1.76. The normalized spacial score (nSPS) is 24.4. The second-order valence-corrected chi connectivity index (χ2v) is 4.27. The number of rotatable bonds is 3. The number of hydrogen-bond donors (Lipinski definition) is 1. The summed E-state index contributed by atoms with van der Waals surface area (Å²) in [6, 6.07) is -0.317. The van der Waals surface area contributed by atoms with Crippen molar-refractivity contribution in [1.82, 2.24) is 4.90 Å². The third-order valence-electron chi connectivity index (χ3n) is 2.00. The summed E-state index contributed by atoms with van der Waals surface area (Å²) in [6.07, 6.45) is -0.841. The summed E-state index contributed by atoms with van der Waals surface area (Å²) in [4.78, 5) is 1.33. The monoisotopic (exact) mass is 253 g/mol. The Kier molecular flexibility index (Phi) is 8.06. The first-order valence-electron chi connectivity index (χ1n) is 4.16. The fourth-order valence-electron chi connectivity index (χ4n) is 1.36. The average molecular weight is 253 g/mol. The number of nitrogens with zero attached hydrogens (tertiary/aromatic N) is 1. The molecule has 0 radical (unpaired) electrons. The summed E-state index contributed by atoms with van der Waals surface area (Å²) in [6.45, 7) is -4.51. The molecule has 0 aromatic heterocycles. The van der Waals surface area contributed by atoms with Crippen LogP contribution in [0.4, 0.5) is 12.9 Å². The van der Waals surface area contributed by atoms with Gasteiger partial charge in [0.25, 0.3) is 0 Å². The largest absolute Gasteiger partial charge is 1.00 e. The van der Waals surface area contributed by atoms with Gasteiger partial charge in [0, 0.05) is 24.1 Å². The van der Waals surface area contributed by atoms with Crippen LogP contribution >= 0.6 is 11.8 Å². The van der Waals surface area contributed by atoms with Crippen LogP contribution in [-0.4, -0.2) is 54.1 Å². The first kappa shape index (κ1) is 15.8. The van der Waals surface area contributed by atoms with Gasteiger partial charge in [0.15, 0.2) is 0 Å². The minimum Gasteiger partial charge on any atom is -0.448 e. The van der Waals surface area contributed by atoms with Crippen molar-refractivity contribution in [3.8, 4) is 0 Å². The predicted octanol–water partition coefficient (Wildman–Crippen LogP) is -2.21. The molecule has 8 heteroatoms. The Balaban J connectivity index is 0.00000169. The third kappa shape index (κ3) is 5.74. The van der Waals surface area contributed by atoms with Crippen LogP contribution in [-0.2, 0) is 0 Å². The summed E-state index contributed by atoms with van der Waals surface area (Å²) >= 11 is 1.60. The minimum absolute atomic E-state index is 0. The van der Waals surface area contributed by atoms with Crippen LogP contribution in [0.25, 0.3) is 0 Å². The first-order valence-corrected chi connectivity index (χ1v) is 5.32. The van der Waals surface area contributed by atoms with E-state index in [1.165, 1.54) is 4.90 Å². The molecule has 0 aliphatic carbocycles. The van der Waals surface area contributed by atoms with Gasteiger partial charge in [-0.05, 0) is 6.44 Å². The summed E-state index contributed by atoms with van der Waals surface area (Å²) in [7, 11) is 0. The van der Waals surface area contributed by atoms with Crippen molar-refractivity contribution in [3.05, 3.63) is 0 Å². The molecule has 1 saturated heterocycles. The van der Waals surface area contributed by atoms with Gasteiger partial charge in [-0.15, -0.1) is 0 Å². The summed E-state index contributed by atoms with van der Waals surface area (Å²) in [5.41, 5.74) is 0. The molecule has 2 nitrogen and oxygen atoms in total.